The third kappa shape index (κ3) is 3.26. The van der Waals surface area contributed by atoms with Gasteiger partial charge in [0.25, 0.3) is 0 Å². The Labute approximate surface area is 152 Å². The van der Waals surface area contributed by atoms with Crippen LogP contribution in [0, 0.1) is 6.92 Å². The molecule has 2 aliphatic rings. The third-order valence-corrected chi connectivity index (χ3v) is 4.92. The van der Waals surface area contributed by atoms with Gasteiger partial charge in [0.05, 0.1) is 17.7 Å². The zero-order valence-corrected chi connectivity index (χ0v) is 15.3. The molecule has 0 aliphatic carbocycles. The highest BCUT2D eigenvalue weighted by molar-refractivity contribution is 5.80. The second kappa shape index (κ2) is 6.64. The van der Waals surface area contributed by atoms with Crippen molar-refractivity contribution < 1.29 is 9.32 Å². The van der Waals surface area contributed by atoms with Crippen LogP contribution in [0.3, 0.4) is 0 Å². The SMILES string of the molecule is Cc1noc(C2CC(=O)N(C3CN(Cc4ccnc(N(C)C)n4)C3)C2)n1. The summed E-state index contributed by atoms with van der Waals surface area (Å²) in [5.41, 5.74) is 0.995. The monoisotopic (exact) mass is 357 g/mol. The quantitative estimate of drug-likeness (QED) is 0.761. The molecule has 0 N–H and O–H groups in total. The maximum absolute atomic E-state index is 12.4. The van der Waals surface area contributed by atoms with E-state index in [1.807, 2.05) is 30.0 Å². The molecule has 2 fully saturated rings. The first-order valence-corrected chi connectivity index (χ1v) is 8.81. The fraction of sp³-hybridized carbons (Fsp3) is 0.588. The fourth-order valence-corrected chi connectivity index (χ4v) is 3.51. The Morgan fingerprint density at radius 1 is 1.27 bits per heavy atom. The molecule has 0 bridgehead atoms. The average molecular weight is 357 g/mol. The van der Waals surface area contributed by atoms with E-state index in [4.69, 9.17) is 4.52 Å². The summed E-state index contributed by atoms with van der Waals surface area (Å²) in [6.07, 6.45) is 2.24. The molecule has 2 aromatic heterocycles. The number of aromatic nitrogens is 4. The van der Waals surface area contributed by atoms with Gasteiger partial charge in [-0.1, -0.05) is 5.16 Å². The van der Waals surface area contributed by atoms with Crippen LogP contribution in [0.4, 0.5) is 5.95 Å². The van der Waals surface area contributed by atoms with Gasteiger partial charge < -0.3 is 14.3 Å². The maximum atomic E-state index is 12.4. The van der Waals surface area contributed by atoms with Crippen molar-refractivity contribution in [3.63, 3.8) is 0 Å². The molecule has 26 heavy (non-hydrogen) atoms. The predicted molar refractivity (Wildman–Crippen MR) is 93.5 cm³/mol. The number of amides is 1. The molecular weight excluding hydrogens is 334 g/mol. The molecule has 1 unspecified atom stereocenters. The first-order valence-electron chi connectivity index (χ1n) is 8.81. The summed E-state index contributed by atoms with van der Waals surface area (Å²) in [5.74, 6) is 2.09. The minimum absolute atomic E-state index is 0.0160. The van der Waals surface area contributed by atoms with Gasteiger partial charge in [-0.2, -0.15) is 4.98 Å². The number of carbonyl (C=O) groups is 1. The summed E-state index contributed by atoms with van der Waals surface area (Å²) in [5, 5.41) is 3.83. The zero-order valence-electron chi connectivity index (χ0n) is 15.3. The fourth-order valence-electron chi connectivity index (χ4n) is 3.51. The Hall–Kier alpha value is -2.55. The lowest BCUT2D eigenvalue weighted by molar-refractivity contribution is -0.133. The molecule has 2 aromatic rings. The van der Waals surface area contributed by atoms with Crippen molar-refractivity contribution in [3.8, 4) is 0 Å². The molecule has 0 radical (unpaired) electrons. The van der Waals surface area contributed by atoms with E-state index in [2.05, 4.69) is 25.0 Å². The topological polar surface area (TPSA) is 91.5 Å². The number of carbonyl (C=O) groups excluding carboxylic acids is 1. The molecule has 9 nitrogen and oxygen atoms in total. The van der Waals surface area contributed by atoms with Gasteiger partial charge in [-0.15, -0.1) is 0 Å². The lowest BCUT2D eigenvalue weighted by Gasteiger charge is -2.44. The summed E-state index contributed by atoms with van der Waals surface area (Å²) >= 11 is 0. The van der Waals surface area contributed by atoms with Gasteiger partial charge in [0.15, 0.2) is 5.82 Å². The van der Waals surface area contributed by atoms with E-state index in [0.29, 0.717) is 30.6 Å². The van der Waals surface area contributed by atoms with Crippen molar-refractivity contribution in [1.29, 1.82) is 0 Å². The van der Waals surface area contributed by atoms with E-state index in [9.17, 15) is 4.79 Å². The highest BCUT2D eigenvalue weighted by Crippen LogP contribution is 2.31. The van der Waals surface area contributed by atoms with E-state index in [1.165, 1.54) is 0 Å². The molecule has 0 aromatic carbocycles. The summed E-state index contributed by atoms with van der Waals surface area (Å²) < 4.78 is 5.24. The number of nitrogens with zero attached hydrogens (tertiary/aromatic N) is 7. The van der Waals surface area contributed by atoms with Crippen LogP contribution >= 0.6 is 0 Å². The molecule has 138 valence electrons. The molecule has 0 saturated carbocycles. The Bertz CT molecular complexity index is 800. The van der Waals surface area contributed by atoms with Gasteiger partial charge in [-0.05, 0) is 13.0 Å². The van der Waals surface area contributed by atoms with Gasteiger partial charge in [-0.3, -0.25) is 9.69 Å². The zero-order chi connectivity index (χ0) is 18.3. The Morgan fingerprint density at radius 3 is 2.77 bits per heavy atom. The molecule has 9 heteroatoms. The number of aryl methyl sites for hydroxylation is 1. The number of likely N-dealkylation sites (tertiary alicyclic amines) is 2. The van der Waals surface area contributed by atoms with Crippen molar-refractivity contribution in [2.45, 2.75) is 31.8 Å². The van der Waals surface area contributed by atoms with Crippen LogP contribution in [0.25, 0.3) is 0 Å². The van der Waals surface area contributed by atoms with Crippen molar-refractivity contribution >= 4 is 11.9 Å². The summed E-state index contributed by atoms with van der Waals surface area (Å²) in [7, 11) is 3.86. The van der Waals surface area contributed by atoms with Crippen molar-refractivity contribution in [2.75, 3.05) is 38.6 Å². The van der Waals surface area contributed by atoms with Gasteiger partial charge >= 0.3 is 0 Å². The van der Waals surface area contributed by atoms with Crippen molar-refractivity contribution in [1.82, 2.24) is 29.9 Å². The average Bonchev–Trinajstić information content (AvgIpc) is 3.17. The standard InChI is InChI=1S/C17H23N7O2/c1-11-19-16(26-21-11)12-6-15(25)24(7-12)14-9-23(10-14)8-13-4-5-18-17(20-13)22(2)3/h4-5,12,14H,6-10H2,1-3H3. The van der Waals surface area contributed by atoms with E-state index in [-0.39, 0.29) is 17.9 Å². The Morgan fingerprint density at radius 2 is 2.08 bits per heavy atom. The normalized spacial score (nSPS) is 21.3. The molecule has 1 atom stereocenters. The maximum Gasteiger partial charge on any atom is 0.232 e. The molecule has 4 heterocycles. The predicted octanol–water partition coefficient (Wildman–Crippen LogP) is 0.434. The van der Waals surface area contributed by atoms with Gasteiger partial charge in [0, 0.05) is 52.9 Å². The Kier molecular flexibility index (Phi) is 4.31. The van der Waals surface area contributed by atoms with Crippen LogP contribution < -0.4 is 4.90 Å². The lowest BCUT2D eigenvalue weighted by atomic mass is 10.1. The number of rotatable bonds is 5. The van der Waals surface area contributed by atoms with Crippen molar-refractivity contribution in [2.24, 2.45) is 0 Å². The van der Waals surface area contributed by atoms with Crippen LogP contribution in [0.1, 0.15) is 29.7 Å². The van der Waals surface area contributed by atoms with Crippen LogP contribution in [0.5, 0.6) is 0 Å². The summed E-state index contributed by atoms with van der Waals surface area (Å²) in [4.78, 5) is 31.6. The first kappa shape index (κ1) is 16.9. The van der Waals surface area contributed by atoms with E-state index < -0.39 is 0 Å². The van der Waals surface area contributed by atoms with Gasteiger partial charge in [0.1, 0.15) is 0 Å². The Balaban J connectivity index is 1.32. The van der Waals surface area contributed by atoms with Crippen LogP contribution in [-0.2, 0) is 11.3 Å². The van der Waals surface area contributed by atoms with Gasteiger partial charge in [-0.25, -0.2) is 9.97 Å². The minimum Gasteiger partial charge on any atom is -0.347 e. The molecule has 2 aliphatic heterocycles. The lowest BCUT2D eigenvalue weighted by Crippen LogP contribution is -2.59. The molecule has 2 saturated heterocycles. The van der Waals surface area contributed by atoms with Crippen LogP contribution in [0.15, 0.2) is 16.8 Å². The second-order valence-electron chi connectivity index (χ2n) is 7.22. The molecule has 1 amide bonds. The van der Waals surface area contributed by atoms with E-state index >= 15 is 0 Å². The highest BCUT2D eigenvalue weighted by atomic mass is 16.5. The largest absolute Gasteiger partial charge is 0.347 e. The molecular formula is C17H23N7O2. The highest BCUT2D eigenvalue weighted by Gasteiger charge is 2.42. The smallest absolute Gasteiger partial charge is 0.232 e. The first-order chi connectivity index (χ1) is 12.5. The number of anilines is 1. The van der Waals surface area contributed by atoms with Crippen LogP contribution in [-0.4, -0.2) is 75.6 Å². The molecule has 0 spiro atoms. The third-order valence-electron chi connectivity index (χ3n) is 4.92. The minimum atomic E-state index is 0.0160. The number of hydrogen-bond donors (Lipinski definition) is 0. The second-order valence-corrected chi connectivity index (χ2v) is 7.22. The van der Waals surface area contributed by atoms with Gasteiger partial charge in [0.2, 0.25) is 17.7 Å². The molecule has 4 rings (SSSR count). The number of hydrogen-bond acceptors (Lipinski definition) is 8. The van der Waals surface area contributed by atoms with Crippen LogP contribution in [0.2, 0.25) is 0 Å². The van der Waals surface area contributed by atoms with Crippen molar-refractivity contribution in [3.05, 3.63) is 29.7 Å². The summed E-state index contributed by atoms with van der Waals surface area (Å²) in [6.45, 7) is 4.96. The van der Waals surface area contributed by atoms with E-state index in [0.717, 1.165) is 25.3 Å². The van der Waals surface area contributed by atoms with E-state index in [1.54, 1.807) is 13.1 Å². The summed E-state index contributed by atoms with van der Waals surface area (Å²) in [6, 6.07) is 2.20.